The number of rotatable bonds is 3. The minimum Gasteiger partial charge on any atom is -0.343 e. The van der Waals surface area contributed by atoms with Crippen molar-refractivity contribution in [1.29, 1.82) is 0 Å². The SMILES string of the molecule is C=C[CH2-].CCS.[CH2-]CCSCC.[Y].[Y]. The summed E-state index contributed by atoms with van der Waals surface area (Å²) in [7, 11) is 0. The Balaban J connectivity index is -0.0000000297. The molecule has 0 aliphatic rings. The van der Waals surface area contributed by atoms with Gasteiger partial charge in [0, 0.05) is 65.4 Å². The molecule has 4 heteroatoms. The summed E-state index contributed by atoms with van der Waals surface area (Å²) in [5.74, 6) is 3.39. The molecule has 0 aliphatic carbocycles. The summed E-state index contributed by atoms with van der Waals surface area (Å²) >= 11 is 5.73. The molecule has 0 spiro atoms. The predicted octanol–water partition coefficient (Wildman–Crippen LogP) is 3.90. The number of thiol groups is 1. The van der Waals surface area contributed by atoms with Crippen LogP contribution in [-0.4, -0.2) is 17.3 Å². The van der Waals surface area contributed by atoms with E-state index in [-0.39, 0.29) is 65.4 Å². The van der Waals surface area contributed by atoms with Crippen LogP contribution in [0.3, 0.4) is 0 Å². The zero-order chi connectivity index (χ0) is 10.2. The van der Waals surface area contributed by atoms with Gasteiger partial charge in [0.1, 0.15) is 0 Å². The van der Waals surface area contributed by atoms with E-state index >= 15 is 0 Å². The van der Waals surface area contributed by atoms with Crippen molar-refractivity contribution >= 4 is 24.4 Å². The molecule has 0 nitrogen and oxygen atoms in total. The fourth-order valence-corrected chi connectivity index (χ4v) is 0.739. The number of allylic oxidation sites excluding steroid dienone is 1. The smallest absolute Gasteiger partial charge is 0 e. The first-order valence-electron chi connectivity index (χ1n) is 4.12. The van der Waals surface area contributed by atoms with E-state index < -0.39 is 0 Å². The zero-order valence-corrected chi connectivity index (χ0v) is 16.9. The molecular weight excluding hydrogens is 362 g/mol. The average Bonchev–Trinajstić information content (AvgIpc) is 2.04. The monoisotopic (exact) mass is 384 g/mol. The molecule has 0 aromatic heterocycles. The summed E-state index contributed by atoms with van der Waals surface area (Å²) in [6, 6.07) is 0. The van der Waals surface area contributed by atoms with Crippen LogP contribution < -0.4 is 0 Å². The van der Waals surface area contributed by atoms with E-state index in [0.29, 0.717) is 0 Å². The quantitative estimate of drug-likeness (QED) is 0.438. The van der Waals surface area contributed by atoms with E-state index in [2.05, 4.69) is 40.0 Å². The maximum atomic E-state index is 3.79. The molecule has 14 heavy (non-hydrogen) atoms. The molecule has 82 valence electrons. The van der Waals surface area contributed by atoms with Gasteiger partial charge in [0.15, 0.2) is 0 Å². The van der Waals surface area contributed by atoms with Crippen LogP contribution in [0.5, 0.6) is 0 Å². The van der Waals surface area contributed by atoms with E-state index in [0.717, 1.165) is 12.2 Å². The number of hydrogen-bond donors (Lipinski definition) is 1. The Morgan fingerprint density at radius 1 is 1.36 bits per heavy atom. The van der Waals surface area contributed by atoms with Crippen LogP contribution in [0.4, 0.5) is 0 Å². The van der Waals surface area contributed by atoms with Crippen molar-refractivity contribution < 1.29 is 65.4 Å². The van der Waals surface area contributed by atoms with Crippen LogP contribution in [0.2, 0.25) is 0 Å². The molecule has 0 bridgehead atoms. The Morgan fingerprint density at radius 2 is 1.64 bits per heavy atom. The van der Waals surface area contributed by atoms with E-state index in [1.54, 1.807) is 0 Å². The molecule has 0 aromatic rings. The van der Waals surface area contributed by atoms with Gasteiger partial charge in [0.25, 0.3) is 0 Å². The molecule has 0 atom stereocenters. The van der Waals surface area contributed by atoms with Gasteiger partial charge in [0.2, 0.25) is 0 Å². The van der Waals surface area contributed by atoms with Crippen molar-refractivity contribution in [2.45, 2.75) is 20.3 Å². The largest absolute Gasteiger partial charge is 0.343 e. The Morgan fingerprint density at radius 3 is 1.71 bits per heavy atom. The number of thioether (sulfide) groups is 1. The summed E-state index contributed by atoms with van der Waals surface area (Å²) in [5, 5.41) is 0. The molecule has 2 radical (unpaired) electrons. The van der Waals surface area contributed by atoms with E-state index in [4.69, 9.17) is 0 Å². The minimum absolute atomic E-state index is 0. The van der Waals surface area contributed by atoms with Gasteiger partial charge >= 0.3 is 0 Å². The first-order chi connectivity index (χ1) is 5.74. The van der Waals surface area contributed by atoms with Crippen LogP contribution in [0.1, 0.15) is 20.3 Å². The third-order valence-electron chi connectivity index (χ3n) is 0.493. The van der Waals surface area contributed by atoms with Gasteiger partial charge in [-0.25, -0.2) is 19.6 Å². The molecule has 0 fully saturated rings. The van der Waals surface area contributed by atoms with Crippen LogP contribution in [0.15, 0.2) is 12.7 Å². The third-order valence-corrected chi connectivity index (χ3v) is 1.48. The second-order valence-electron chi connectivity index (χ2n) is 1.66. The summed E-state index contributed by atoms with van der Waals surface area (Å²) in [4.78, 5) is 0. The van der Waals surface area contributed by atoms with Crippen molar-refractivity contribution in [2.75, 3.05) is 17.3 Å². The van der Waals surface area contributed by atoms with E-state index in [1.807, 2.05) is 18.7 Å². The third kappa shape index (κ3) is 87.1. The normalized spacial score (nSPS) is 6.00. The second-order valence-corrected chi connectivity index (χ2v) is 3.68. The molecule has 0 aromatic carbocycles. The average molecular weight is 384 g/mol. The van der Waals surface area contributed by atoms with Gasteiger partial charge < -0.3 is 6.92 Å². The molecule has 0 aliphatic heterocycles. The van der Waals surface area contributed by atoms with E-state index in [9.17, 15) is 0 Å². The van der Waals surface area contributed by atoms with E-state index in [1.165, 1.54) is 17.6 Å². The minimum atomic E-state index is 0. The molecule has 0 unspecified atom stereocenters. The first-order valence-corrected chi connectivity index (χ1v) is 5.91. The Hall–Kier alpha value is 2.52. The van der Waals surface area contributed by atoms with Crippen molar-refractivity contribution in [3.63, 3.8) is 0 Å². The van der Waals surface area contributed by atoms with Gasteiger partial charge in [-0.05, 0) is 17.3 Å². The molecule has 0 saturated carbocycles. The maximum absolute atomic E-state index is 3.79. The fraction of sp³-hybridized carbons (Fsp3) is 0.600. The van der Waals surface area contributed by atoms with Crippen molar-refractivity contribution in [1.82, 2.24) is 0 Å². The van der Waals surface area contributed by atoms with Crippen molar-refractivity contribution in [3.8, 4) is 0 Å². The second kappa shape index (κ2) is 45.1. The standard InChI is InChI=1S/C5H11S.C3H5.C2H6S.2Y/c1-3-5-6-4-2;1-3-2;1-2-3;;/h1,3-5H2,2H3;3H,1-2H2;3H,2H2,1H3;;/q2*-1;;;. The fourth-order valence-electron chi connectivity index (χ4n) is 0.246. The van der Waals surface area contributed by atoms with Crippen molar-refractivity contribution in [2.24, 2.45) is 0 Å². The van der Waals surface area contributed by atoms with Crippen LogP contribution in [-0.2, 0) is 65.4 Å². The predicted molar refractivity (Wildman–Crippen MR) is 68.1 cm³/mol. The Labute approximate surface area is 151 Å². The molecular formula is C10H22S2Y2-2. The van der Waals surface area contributed by atoms with Gasteiger partial charge in [-0.2, -0.15) is 30.8 Å². The van der Waals surface area contributed by atoms with Gasteiger partial charge in [0.05, 0.1) is 0 Å². The summed E-state index contributed by atoms with van der Waals surface area (Å²) in [6.07, 6.45) is 2.57. The molecule has 0 N–H and O–H groups in total. The maximum Gasteiger partial charge on any atom is 0 e. The van der Waals surface area contributed by atoms with Crippen molar-refractivity contribution in [3.05, 3.63) is 26.5 Å². The van der Waals surface area contributed by atoms with Gasteiger partial charge in [-0.1, -0.05) is 13.8 Å². The summed E-state index contributed by atoms with van der Waals surface area (Å²) in [6.45, 7) is 14.4. The number of hydrogen-bond acceptors (Lipinski definition) is 2. The van der Waals surface area contributed by atoms with Crippen LogP contribution >= 0.6 is 24.4 Å². The molecule has 0 saturated heterocycles. The topological polar surface area (TPSA) is 0 Å². The van der Waals surface area contributed by atoms with Crippen LogP contribution in [0.25, 0.3) is 0 Å². The first kappa shape index (κ1) is 30.0. The molecule has 0 rings (SSSR count). The molecule has 0 heterocycles. The van der Waals surface area contributed by atoms with Gasteiger partial charge in [-0.3, -0.25) is 0 Å². The summed E-state index contributed by atoms with van der Waals surface area (Å²) < 4.78 is 0. The molecule has 0 amide bonds. The van der Waals surface area contributed by atoms with Crippen LogP contribution in [0, 0.1) is 13.8 Å². The Bertz CT molecular complexity index is 58.1. The summed E-state index contributed by atoms with van der Waals surface area (Å²) in [5.41, 5.74) is 0. The zero-order valence-electron chi connectivity index (χ0n) is 9.54. The van der Waals surface area contributed by atoms with Gasteiger partial charge in [-0.15, -0.1) is 0 Å². The Kier molecular flexibility index (Phi) is 96.5.